The lowest BCUT2D eigenvalue weighted by atomic mass is 9.31. The monoisotopic (exact) mass is 1110 g/mol. The van der Waals surface area contributed by atoms with Crippen LogP contribution >= 0.6 is 64.2 Å². The van der Waals surface area contributed by atoms with Crippen LogP contribution in [0.1, 0.15) is 151 Å². The van der Waals surface area contributed by atoms with Gasteiger partial charge in [0.25, 0.3) is 0 Å². The molecule has 0 spiro atoms. The van der Waals surface area contributed by atoms with Crippen molar-refractivity contribution in [2.75, 3.05) is 39.3 Å². The third kappa shape index (κ3) is 7.18. The summed E-state index contributed by atoms with van der Waals surface area (Å²) < 4.78 is 4.57. The minimum atomic E-state index is -0.716. The van der Waals surface area contributed by atoms with Crippen molar-refractivity contribution in [2.24, 2.45) is 85.2 Å². The van der Waals surface area contributed by atoms with Crippen LogP contribution in [0.2, 0.25) is 0 Å². The number of alkyl halides is 2. The van der Waals surface area contributed by atoms with Crippen LogP contribution in [0.3, 0.4) is 0 Å². The fourth-order valence-corrected chi connectivity index (χ4v) is 21.8. The second kappa shape index (κ2) is 16.6. The van der Waals surface area contributed by atoms with Crippen molar-refractivity contribution in [3.8, 4) is 0 Å². The molecule has 0 radical (unpaired) electrons. The standard InChI is InChI=1S/C50H78Br4N4O4/c1-31(2)33-10-15-48(28-32(26-37(51)42(59)60)49-18-22-55(23-19-49)57(53)29-49)17-16-46(6)35(41(33)48)8-9-40-45(5)13-11-34(44(3,4)39(45)12-14-47(40,46)7)36(27-38(52)43(61)62)50-20-24-56(25-21-50)58(54)30-50/h32-41H,1,8-30H2,2-7H3,(H,59,60)(H,61,62)/t32?,33-,34?,35+,36?,37?,38?,39-,40+,41+,45-,46+,47+,48+/m0/s1. The van der Waals surface area contributed by atoms with Gasteiger partial charge < -0.3 is 10.2 Å². The van der Waals surface area contributed by atoms with Gasteiger partial charge in [-0.1, -0.05) is 78.6 Å². The maximum atomic E-state index is 12.5. The van der Waals surface area contributed by atoms with Crippen LogP contribution in [0.5, 0.6) is 0 Å². The van der Waals surface area contributed by atoms with Crippen molar-refractivity contribution in [3.05, 3.63) is 12.2 Å². The van der Waals surface area contributed by atoms with E-state index in [1.54, 1.807) is 0 Å². The molecule has 11 aliphatic rings. The quantitative estimate of drug-likeness (QED) is 0.114. The molecule has 0 amide bonds. The van der Waals surface area contributed by atoms with E-state index < -0.39 is 21.6 Å². The highest BCUT2D eigenvalue weighted by atomic mass is 79.9. The molecule has 350 valence electrons. The first kappa shape index (κ1) is 47.5. The first-order valence-corrected chi connectivity index (χ1v) is 28.1. The second-order valence-corrected chi connectivity index (χ2v) is 28.6. The summed E-state index contributed by atoms with van der Waals surface area (Å²) in [6, 6.07) is 0. The Morgan fingerprint density at radius 2 is 1.26 bits per heavy atom. The average Bonchev–Trinajstić information content (AvgIpc) is 3.60. The van der Waals surface area contributed by atoms with Gasteiger partial charge in [0, 0.05) is 71.6 Å². The predicted octanol–water partition coefficient (Wildman–Crippen LogP) is 12.6. The summed E-state index contributed by atoms with van der Waals surface area (Å²) in [7, 11) is 0. The van der Waals surface area contributed by atoms with E-state index in [4.69, 9.17) is 6.58 Å². The molecule has 11 rings (SSSR count). The molecule has 11 fully saturated rings. The Balaban J connectivity index is 1.02. The molecule has 14 atom stereocenters. The van der Waals surface area contributed by atoms with Crippen molar-refractivity contribution in [1.82, 2.24) is 18.1 Å². The third-order valence-electron chi connectivity index (χ3n) is 22.6. The number of hydrogen-bond acceptors (Lipinski definition) is 6. The fraction of sp³-hybridized carbons (Fsp3) is 0.920. The number of fused-ring (bicyclic) bond motifs is 13. The molecule has 0 aromatic heterocycles. The van der Waals surface area contributed by atoms with Crippen LogP contribution in [0.15, 0.2) is 12.2 Å². The average molecular weight is 1120 g/mol. The highest BCUT2D eigenvalue weighted by Gasteiger charge is 2.72. The summed E-state index contributed by atoms with van der Waals surface area (Å²) in [4.78, 5) is 24.0. The number of hydrogen-bond donors (Lipinski definition) is 2. The minimum absolute atomic E-state index is 0.109. The lowest BCUT2D eigenvalue weighted by Gasteiger charge is -2.74. The van der Waals surface area contributed by atoms with E-state index in [9.17, 15) is 19.8 Å². The van der Waals surface area contributed by atoms with Gasteiger partial charge in [0.1, 0.15) is 9.65 Å². The van der Waals surface area contributed by atoms with Gasteiger partial charge in [0.2, 0.25) is 0 Å². The van der Waals surface area contributed by atoms with Crippen LogP contribution in [-0.2, 0) is 9.59 Å². The predicted molar refractivity (Wildman–Crippen MR) is 262 cm³/mol. The summed E-state index contributed by atoms with van der Waals surface area (Å²) in [5, 5.41) is 25.5. The largest absolute Gasteiger partial charge is 0.480 e. The van der Waals surface area contributed by atoms with E-state index in [0.29, 0.717) is 60.2 Å². The lowest BCUT2D eigenvalue weighted by molar-refractivity contribution is -0.252. The number of halogens is 4. The van der Waals surface area contributed by atoms with Crippen molar-refractivity contribution in [3.63, 3.8) is 0 Å². The molecule has 2 N–H and O–H groups in total. The number of piperidine rings is 2. The Bertz CT molecular complexity index is 1770. The maximum Gasteiger partial charge on any atom is 0.317 e. The molecule has 0 aromatic rings. The summed E-state index contributed by atoms with van der Waals surface area (Å²) in [6.45, 7) is 26.8. The first-order chi connectivity index (χ1) is 29.1. The zero-order chi connectivity index (χ0) is 44.6. The molecule has 0 aromatic carbocycles. The normalized spacial score (nSPS) is 49.1. The molecule has 6 aliphatic heterocycles. The fourth-order valence-electron chi connectivity index (χ4n) is 19.3. The van der Waals surface area contributed by atoms with E-state index in [0.717, 1.165) is 71.4 Å². The molecule has 6 heterocycles. The molecule has 5 saturated carbocycles. The van der Waals surface area contributed by atoms with Crippen LogP contribution in [0.4, 0.5) is 0 Å². The number of nitrogens with zero attached hydrogens (tertiary/aromatic N) is 4. The summed E-state index contributed by atoms with van der Waals surface area (Å²) in [5.74, 6) is 2.88. The number of allylic oxidation sites excluding steroid dienone is 1. The molecule has 5 aliphatic carbocycles. The summed E-state index contributed by atoms with van der Waals surface area (Å²) >= 11 is 15.2. The Morgan fingerprint density at radius 3 is 1.84 bits per heavy atom. The zero-order valence-corrected chi connectivity index (χ0v) is 45.1. The van der Waals surface area contributed by atoms with Crippen LogP contribution < -0.4 is 0 Å². The molecular formula is C50H78Br4N4O4. The van der Waals surface area contributed by atoms with Crippen molar-refractivity contribution < 1.29 is 19.8 Å². The molecule has 5 unspecified atom stereocenters. The van der Waals surface area contributed by atoms with E-state index in [2.05, 4.69) is 124 Å². The molecule has 4 bridgehead atoms. The number of carbonyl (C=O) groups is 2. The summed E-state index contributed by atoms with van der Waals surface area (Å²) in [6.07, 6.45) is 19.9. The SMILES string of the molecule is C=C(C)[C@@H]1CC[C@]2(CC(CC(Br)C(=O)O)C34CCN(CC3)N(Br)C4)CC[C@]3(C)[C@H](CC[C@@H]4[C@@]5(C)CCC(C(CC(Br)C(=O)O)C67CCN(CC6)N(Br)C7)C(C)(C)[C@@H]5CC[C@]43C)[C@@H]12. The number of aliphatic carboxylic acids is 2. The molecular weight excluding hydrogens is 1040 g/mol. The smallest absolute Gasteiger partial charge is 0.317 e. The van der Waals surface area contributed by atoms with Crippen molar-refractivity contribution in [2.45, 2.75) is 160 Å². The van der Waals surface area contributed by atoms with Gasteiger partial charge in [-0.05, 0) is 201 Å². The van der Waals surface area contributed by atoms with Gasteiger partial charge in [-0.25, -0.2) is 10.0 Å². The Kier molecular flexibility index (Phi) is 12.7. The molecule has 12 heteroatoms. The van der Waals surface area contributed by atoms with E-state index in [1.807, 2.05) is 0 Å². The number of hydrazine groups is 2. The highest BCUT2D eigenvalue weighted by molar-refractivity contribution is 9.10. The first-order valence-electron chi connectivity index (χ1n) is 24.8. The Labute approximate surface area is 408 Å². The van der Waals surface area contributed by atoms with Crippen LogP contribution in [0.25, 0.3) is 0 Å². The van der Waals surface area contributed by atoms with Gasteiger partial charge >= 0.3 is 11.9 Å². The topological polar surface area (TPSA) is 87.6 Å². The van der Waals surface area contributed by atoms with Gasteiger partial charge in [0.05, 0.1) is 0 Å². The van der Waals surface area contributed by atoms with Crippen LogP contribution in [0, 0.1) is 85.2 Å². The van der Waals surface area contributed by atoms with Crippen molar-refractivity contribution in [1.29, 1.82) is 0 Å². The number of rotatable bonds is 12. The Morgan fingerprint density at radius 1 is 0.677 bits per heavy atom. The van der Waals surface area contributed by atoms with Gasteiger partial charge in [-0.3, -0.25) is 9.59 Å². The molecule has 6 saturated heterocycles. The number of carboxylic acids is 2. The third-order valence-corrected chi connectivity index (χ3v) is 25.5. The maximum absolute atomic E-state index is 12.5. The van der Waals surface area contributed by atoms with Gasteiger partial charge in [0.15, 0.2) is 0 Å². The number of carboxylic acid groups (broad SMARTS) is 2. The lowest BCUT2D eigenvalue weighted by Crippen LogP contribution is -2.67. The highest BCUT2D eigenvalue weighted by Crippen LogP contribution is 2.79. The Hall–Kier alpha value is 0.440. The van der Waals surface area contributed by atoms with E-state index >= 15 is 0 Å². The molecule has 8 nitrogen and oxygen atoms in total. The van der Waals surface area contributed by atoms with Gasteiger partial charge in [-0.2, -0.15) is 8.07 Å². The van der Waals surface area contributed by atoms with E-state index in [1.165, 1.54) is 69.8 Å². The minimum Gasteiger partial charge on any atom is -0.480 e. The van der Waals surface area contributed by atoms with Crippen molar-refractivity contribution >= 4 is 76.1 Å². The van der Waals surface area contributed by atoms with E-state index in [-0.39, 0.29) is 37.9 Å². The second-order valence-electron chi connectivity index (χ2n) is 24.7. The van der Waals surface area contributed by atoms with Gasteiger partial charge in [-0.15, -0.1) is 0 Å². The molecule has 62 heavy (non-hydrogen) atoms. The summed E-state index contributed by atoms with van der Waals surface area (Å²) in [5.41, 5.74) is 2.73. The zero-order valence-electron chi connectivity index (χ0n) is 38.8. The van der Waals surface area contributed by atoms with Crippen LogP contribution in [-0.4, -0.2) is 89.2 Å².